The molecule has 0 bridgehead atoms. The van der Waals surface area contributed by atoms with E-state index in [0.717, 1.165) is 0 Å². The number of benzene rings is 2. The van der Waals surface area contributed by atoms with E-state index in [1.807, 2.05) is 6.07 Å². The number of allylic oxidation sites excluding steroid dienone is 1. The maximum atomic E-state index is 12.7. The van der Waals surface area contributed by atoms with Crippen LogP contribution in [0.4, 0.5) is 0 Å². The molecule has 0 spiro atoms. The van der Waals surface area contributed by atoms with Gasteiger partial charge in [0.2, 0.25) is 0 Å². The second-order valence-electron chi connectivity index (χ2n) is 5.90. The molecule has 0 fully saturated rings. The summed E-state index contributed by atoms with van der Waals surface area (Å²) in [7, 11) is 0. The Hall–Kier alpha value is -4.12. The molecule has 3 aromatic rings. The van der Waals surface area contributed by atoms with Gasteiger partial charge in [-0.1, -0.05) is 24.3 Å². The Labute approximate surface area is 151 Å². The lowest BCUT2D eigenvalue weighted by atomic mass is 9.86. The second kappa shape index (κ2) is 6.00. The van der Waals surface area contributed by atoms with Crippen molar-refractivity contribution in [3.63, 3.8) is 0 Å². The van der Waals surface area contributed by atoms with Gasteiger partial charge in [0.05, 0.1) is 27.5 Å². The van der Waals surface area contributed by atoms with Gasteiger partial charge in [0, 0.05) is 0 Å². The van der Waals surface area contributed by atoms with Gasteiger partial charge in [0.15, 0.2) is 5.75 Å². The van der Waals surface area contributed by atoms with Crippen molar-refractivity contribution in [1.29, 1.82) is 5.26 Å². The maximum absolute atomic E-state index is 12.7. The number of rotatable bonds is 2. The minimum absolute atomic E-state index is 0.000641. The van der Waals surface area contributed by atoms with E-state index >= 15 is 0 Å². The molecule has 4 rings (SSSR count). The second-order valence-corrected chi connectivity index (χ2v) is 5.90. The molecule has 0 aliphatic carbocycles. The van der Waals surface area contributed by atoms with Crippen LogP contribution in [0.15, 0.2) is 69.3 Å². The van der Waals surface area contributed by atoms with Crippen LogP contribution >= 0.6 is 0 Å². The molecule has 0 radical (unpaired) electrons. The average Bonchev–Trinajstić information content (AvgIpc) is 2.67. The van der Waals surface area contributed by atoms with E-state index in [-0.39, 0.29) is 16.9 Å². The first-order chi connectivity index (χ1) is 13.0. The molecule has 1 unspecified atom stereocenters. The van der Waals surface area contributed by atoms with E-state index in [9.17, 15) is 14.9 Å². The van der Waals surface area contributed by atoms with Crippen molar-refractivity contribution in [2.24, 2.45) is 5.73 Å². The molecule has 0 amide bonds. The topological polar surface area (TPSA) is 132 Å². The SMILES string of the molecule is N#Cc1ccc(C2C([N+](=O)[O-])=C(N)Oc3c2c(=O)oc2ccccc32)cc1. The summed E-state index contributed by atoms with van der Waals surface area (Å²) >= 11 is 0. The molecule has 1 aliphatic rings. The Morgan fingerprint density at radius 2 is 1.85 bits per heavy atom. The Morgan fingerprint density at radius 1 is 1.15 bits per heavy atom. The largest absolute Gasteiger partial charge is 0.434 e. The van der Waals surface area contributed by atoms with E-state index < -0.39 is 28.0 Å². The van der Waals surface area contributed by atoms with E-state index in [1.165, 1.54) is 12.1 Å². The third-order valence-electron chi connectivity index (χ3n) is 4.40. The summed E-state index contributed by atoms with van der Waals surface area (Å²) in [6.07, 6.45) is 0. The van der Waals surface area contributed by atoms with E-state index in [2.05, 4.69) is 0 Å². The summed E-state index contributed by atoms with van der Waals surface area (Å²) < 4.78 is 10.8. The molecule has 1 aromatic heterocycles. The first-order valence-corrected chi connectivity index (χ1v) is 7.89. The van der Waals surface area contributed by atoms with Crippen molar-refractivity contribution in [3.05, 3.63) is 97.3 Å². The van der Waals surface area contributed by atoms with Crippen molar-refractivity contribution >= 4 is 11.0 Å². The lowest BCUT2D eigenvalue weighted by Crippen LogP contribution is -2.29. The summed E-state index contributed by atoms with van der Waals surface area (Å²) in [4.78, 5) is 23.7. The molecule has 0 saturated heterocycles. The minimum Gasteiger partial charge on any atom is -0.434 e. The van der Waals surface area contributed by atoms with Crippen LogP contribution in [0.1, 0.15) is 22.6 Å². The molecular formula is C19H11N3O5. The number of para-hydroxylation sites is 1. The number of nitrogens with two attached hydrogens (primary N) is 1. The number of hydrogen-bond donors (Lipinski definition) is 1. The van der Waals surface area contributed by atoms with Crippen LogP contribution in [0.3, 0.4) is 0 Å². The van der Waals surface area contributed by atoms with Gasteiger partial charge in [-0.2, -0.15) is 5.26 Å². The standard InChI is InChI=1S/C19H11N3O5/c20-9-10-5-7-11(8-6-10)14-15-17(27-18(21)16(14)22(24)25)12-3-1-2-4-13(12)26-19(15)23/h1-8,14H,21H2. The minimum atomic E-state index is -1.09. The predicted octanol–water partition coefficient (Wildman–Crippen LogP) is 2.59. The Bertz CT molecular complexity index is 1220. The van der Waals surface area contributed by atoms with Crippen molar-refractivity contribution < 1.29 is 14.1 Å². The highest BCUT2D eigenvalue weighted by atomic mass is 16.6. The lowest BCUT2D eigenvalue weighted by molar-refractivity contribution is -0.432. The van der Waals surface area contributed by atoms with Gasteiger partial charge >= 0.3 is 11.3 Å². The lowest BCUT2D eigenvalue weighted by Gasteiger charge is -2.24. The first kappa shape index (κ1) is 16.4. The normalized spacial score (nSPS) is 15.7. The zero-order chi connectivity index (χ0) is 19.1. The zero-order valence-electron chi connectivity index (χ0n) is 13.7. The van der Waals surface area contributed by atoms with E-state index in [4.69, 9.17) is 20.1 Å². The van der Waals surface area contributed by atoms with E-state index in [0.29, 0.717) is 16.5 Å². The summed E-state index contributed by atoms with van der Waals surface area (Å²) in [5.41, 5.74) is 5.76. The third-order valence-corrected chi connectivity index (χ3v) is 4.40. The third kappa shape index (κ3) is 2.49. The van der Waals surface area contributed by atoms with Gasteiger partial charge < -0.3 is 14.9 Å². The van der Waals surface area contributed by atoms with Gasteiger partial charge in [-0.05, 0) is 29.8 Å². The van der Waals surface area contributed by atoms with Crippen LogP contribution < -0.4 is 16.1 Å². The fraction of sp³-hybridized carbons (Fsp3) is 0.0526. The highest BCUT2D eigenvalue weighted by molar-refractivity contribution is 5.85. The van der Waals surface area contributed by atoms with Crippen LogP contribution in [0.5, 0.6) is 5.75 Å². The fourth-order valence-corrected chi connectivity index (χ4v) is 3.21. The number of nitrogens with zero attached hydrogens (tertiary/aromatic N) is 2. The van der Waals surface area contributed by atoms with E-state index in [1.54, 1.807) is 36.4 Å². The van der Waals surface area contributed by atoms with Crippen LogP contribution in [0.25, 0.3) is 11.0 Å². The van der Waals surface area contributed by atoms with Gasteiger partial charge in [0.25, 0.3) is 5.88 Å². The highest BCUT2D eigenvalue weighted by Crippen LogP contribution is 2.43. The number of nitro groups is 1. The molecule has 1 atom stereocenters. The number of ether oxygens (including phenoxy) is 1. The van der Waals surface area contributed by atoms with Crippen molar-refractivity contribution in [3.8, 4) is 11.8 Å². The summed E-state index contributed by atoms with van der Waals surface area (Å²) in [5, 5.41) is 21.1. The molecule has 132 valence electrons. The Kier molecular flexibility index (Phi) is 3.63. The van der Waals surface area contributed by atoms with Crippen molar-refractivity contribution in [2.75, 3.05) is 0 Å². The van der Waals surface area contributed by atoms with Gasteiger partial charge in [0.1, 0.15) is 11.5 Å². The molecule has 0 saturated carbocycles. The zero-order valence-corrected chi connectivity index (χ0v) is 13.7. The van der Waals surface area contributed by atoms with Gasteiger partial charge in [-0.15, -0.1) is 0 Å². The Balaban J connectivity index is 2.06. The van der Waals surface area contributed by atoms with Crippen LogP contribution in [0.2, 0.25) is 0 Å². The van der Waals surface area contributed by atoms with Crippen LogP contribution in [-0.2, 0) is 0 Å². The monoisotopic (exact) mass is 361 g/mol. The molecule has 2 N–H and O–H groups in total. The molecule has 2 aromatic carbocycles. The number of hydrogen-bond acceptors (Lipinski definition) is 7. The summed E-state index contributed by atoms with van der Waals surface area (Å²) in [5.74, 6) is -1.34. The molecule has 8 heteroatoms. The van der Waals surface area contributed by atoms with Crippen LogP contribution in [-0.4, -0.2) is 4.92 Å². The molecule has 8 nitrogen and oxygen atoms in total. The van der Waals surface area contributed by atoms with Gasteiger partial charge in [-0.3, -0.25) is 10.1 Å². The number of nitriles is 1. The van der Waals surface area contributed by atoms with Crippen molar-refractivity contribution in [1.82, 2.24) is 0 Å². The molecule has 27 heavy (non-hydrogen) atoms. The molecule has 1 aliphatic heterocycles. The average molecular weight is 361 g/mol. The highest BCUT2D eigenvalue weighted by Gasteiger charge is 2.42. The summed E-state index contributed by atoms with van der Waals surface area (Å²) in [6, 6.07) is 14.8. The fourth-order valence-electron chi connectivity index (χ4n) is 3.21. The smallest absolute Gasteiger partial charge is 0.344 e. The van der Waals surface area contributed by atoms with Crippen LogP contribution in [0, 0.1) is 21.4 Å². The molecule has 2 heterocycles. The predicted molar refractivity (Wildman–Crippen MR) is 94.3 cm³/mol. The van der Waals surface area contributed by atoms with Gasteiger partial charge in [-0.25, -0.2) is 4.79 Å². The number of fused-ring (bicyclic) bond motifs is 3. The quantitative estimate of drug-likeness (QED) is 0.421. The summed E-state index contributed by atoms with van der Waals surface area (Å²) in [6.45, 7) is 0. The first-order valence-electron chi connectivity index (χ1n) is 7.89. The molecular weight excluding hydrogens is 350 g/mol. The Morgan fingerprint density at radius 3 is 2.52 bits per heavy atom. The van der Waals surface area contributed by atoms with Crippen molar-refractivity contribution in [2.45, 2.75) is 5.92 Å². The maximum Gasteiger partial charge on any atom is 0.344 e.